The van der Waals surface area contributed by atoms with E-state index in [0.29, 0.717) is 17.7 Å². The fraction of sp³-hybridized carbons (Fsp3) is 0.0541. The smallest absolute Gasteiger partial charge is 0.199 e. The van der Waals surface area contributed by atoms with Gasteiger partial charge >= 0.3 is 0 Å². The standard InChI is InChI=1S/C10H9NO2.C10H7NO2.C7H7NO.C7H6O.C3H4O.ClH.H3NO/c2*12-7-9-6-10(11-13-9)8-4-2-1-3-5-8;9-8-6-7-4-2-1-3-5-7;8-6-7-4-2-1-3-5-7;1-2-3-4;;1-2/h1-6,12H,7H2;1-7H;1-6,9H;1-6H;1,4H,3H2;1H;2H,1H2/b;;8-6-;;;;. The van der Waals surface area contributed by atoms with Crippen LogP contribution in [0.15, 0.2) is 148 Å². The summed E-state index contributed by atoms with van der Waals surface area (Å²) in [5.41, 5.74) is 5.00. The van der Waals surface area contributed by atoms with Gasteiger partial charge in [0.1, 0.15) is 30.9 Å². The number of halogens is 1. The molecule has 0 bridgehead atoms. The van der Waals surface area contributed by atoms with Crippen LogP contribution >= 0.6 is 12.4 Å². The highest BCUT2D eigenvalue weighted by molar-refractivity contribution is 5.85. The number of aliphatic hydroxyl groups excluding tert-OH is 2. The summed E-state index contributed by atoms with van der Waals surface area (Å²) >= 11 is 0. The zero-order valence-corrected chi connectivity index (χ0v) is 27.5. The number of benzene rings is 4. The molecule has 0 fully saturated rings. The maximum Gasteiger partial charge on any atom is 0.199 e. The lowest BCUT2D eigenvalue weighted by Crippen LogP contribution is -1.76. The zero-order valence-electron chi connectivity index (χ0n) is 26.7. The number of aldehydes is 2. The topological polar surface area (TPSA) is 206 Å². The molecule has 0 spiro atoms. The first-order chi connectivity index (χ1) is 24.1. The van der Waals surface area contributed by atoms with E-state index in [-0.39, 0.29) is 31.4 Å². The van der Waals surface area contributed by atoms with Crippen molar-refractivity contribution in [2.75, 3.05) is 6.61 Å². The lowest BCUT2D eigenvalue weighted by molar-refractivity contribution is 0.109. The molecule has 6 aromatic rings. The van der Waals surface area contributed by atoms with Crippen LogP contribution in [-0.4, -0.2) is 56.3 Å². The van der Waals surface area contributed by atoms with Gasteiger partial charge in [0.2, 0.25) is 0 Å². The Morgan fingerprint density at radius 3 is 1.44 bits per heavy atom. The van der Waals surface area contributed by atoms with Crippen LogP contribution < -0.4 is 5.90 Å². The molecule has 0 atom stereocenters. The second kappa shape index (κ2) is 29.0. The molecule has 0 amide bonds. The first kappa shape index (κ1) is 43.8. The predicted octanol–water partition coefficient (Wildman–Crippen LogP) is 6.35. The second-order valence-electron chi connectivity index (χ2n) is 8.85. The monoisotopic (exact) mass is 700 g/mol. The van der Waals surface area contributed by atoms with Gasteiger partial charge in [0.15, 0.2) is 17.8 Å². The van der Waals surface area contributed by atoms with Gasteiger partial charge in [-0.05, 0) is 5.56 Å². The minimum atomic E-state index is -0.153. The summed E-state index contributed by atoms with van der Waals surface area (Å²) in [6, 6.07) is 41.1. The number of hydrogen-bond donors (Lipinski definition) is 5. The molecular formula is C37H37ClN4O8. The van der Waals surface area contributed by atoms with Crippen LogP contribution in [0.2, 0.25) is 0 Å². The van der Waals surface area contributed by atoms with Gasteiger partial charge in [0.05, 0.1) is 6.21 Å². The molecule has 0 saturated heterocycles. The highest BCUT2D eigenvalue weighted by atomic mass is 35.5. The van der Waals surface area contributed by atoms with Crippen molar-refractivity contribution in [2.45, 2.75) is 6.61 Å². The Morgan fingerprint density at radius 2 is 1.10 bits per heavy atom. The van der Waals surface area contributed by atoms with Crippen molar-refractivity contribution in [1.29, 1.82) is 0 Å². The highest BCUT2D eigenvalue weighted by Gasteiger charge is 2.04. The van der Waals surface area contributed by atoms with E-state index in [4.69, 9.17) is 29.7 Å². The fourth-order valence-electron chi connectivity index (χ4n) is 3.36. The number of nitrogens with two attached hydrogens (primary N) is 1. The molecule has 0 aliphatic carbocycles. The van der Waals surface area contributed by atoms with Crippen molar-refractivity contribution in [2.24, 2.45) is 11.1 Å². The van der Waals surface area contributed by atoms with Crippen LogP contribution in [0.3, 0.4) is 0 Å². The maximum absolute atomic E-state index is 10.3. The quantitative estimate of drug-likeness (QED) is 0.0425. The van der Waals surface area contributed by atoms with Crippen molar-refractivity contribution in [1.82, 2.24) is 10.3 Å². The summed E-state index contributed by atoms with van der Waals surface area (Å²) in [5.74, 6) is 6.22. The number of aromatic nitrogens is 2. The minimum Gasteiger partial charge on any atom is -0.411 e. The molecular weight excluding hydrogens is 664 g/mol. The van der Waals surface area contributed by atoms with Crippen LogP contribution in [0, 0.1) is 12.3 Å². The molecule has 50 heavy (non-hydrogen) atoms. The fourth-order valence-corrected chi connectivity index (χ4v) is 3.36. The van der Waals surface area contributed by atoms with E-state index < -0.39 is 0 Å². The Bertz CT molecular complexity index is 1760. The highest BCUT2D eigenvalue weighted by Crippen LogP contribution is 2.18. The molecule has 260 valence electrons. The summed E-state index contributed by atoms with van der Waals surface area (Å²) in [7, 11) is 0. The first-order valence-corrected chi connectivity index (χ1v) is 14.2. The predicted molar refractivity (Wildman–Crippen MR) is 192 cm³/mol. The molecule has 4 aromatic carbocycles. The average molecular weight is 701 g/mol. The van der Waals surface area contributed by atoms with E-state index in [1.165, 1.54) is 6.21 Å². The van der Waals surface area contributed by atoms with Gasteiger partial charge in [-0.3, -0.25) is 9.59 Å². The number of carbonyl (C=O) groups excluding carboxylic acids is 2. The molecule has 0 aliphatic rings. The normalized spacial score (nSPS) is 8.94. The number of hydrogen-bond acceptors (Lipinski definition) is 12. The van der Waals surface area contributed by atoms with Crippen molar-refractivity contribution in [3.8, 4) is 34.9 Å². The molecule has 0 unspecified atom stereocenters. The first-order valence-electron chi connectivity index (χ1n) is 14.2. The van der Waals surface area contributed by atoms with Gasteiger partial charge in [-0.25, -0.2) is 5.90 Å². The number of aliphatic hydroxyl groups is 2. The third-order valence-corrected chi connectivity index (χ3v) is 5.53. The van der Waals surface area contributed by atoms with Crippen molar-refractivity contribution in [3.63, 3.8) is 0 Å². The minimum absolute atomic E-state index is 0. The Balaban J connectivity index is 0.000000614. The van der Waals surface area contributed by atoms with E-state index in [9.17, 15) is 9.59 Å². The van der Waals surface area contributed by atoms with Crippen molar-refractivity contribution < 1.29 is 39.3 Å². The molecule has 0 radical (unpaired) electrons. The summed E-state index contributed by atoms with van der Waals surface area (Å²) < 4.78 is 9.62. The summed E-state index contributed by atoms with van der Waals surface area (Å²) in [5, 5.41) is 41.4. The lowest BCUT2D eigenvalue weighted by atomic mass is 10.1. The average Bonchev–Trinajstić information content (AvgIpc) is 3.89. The van der Waals surface area contributed by atoms with Gasteiger partial charge in [0, 0.05) is 28.8 Å². The Labute approximate surface area is 295 Å². The molecule has 6 N–H and O–H groups in total. The third kappa shape index (κ3) is 18.2. The van der Waals surface area contributed by atoms with Gasteiger partial charge in [-0.15, -0.1) is 18.8 Å². The number of oxime groups is 1. The van der Waals surface area contributed by atoms with E-state index in [1.807, 2.05) is 115 Å². The molecule has 2 heterocycles. The molecule has 6 rings (SSSR count). The van der Waals surface area contributed by atoms with Gasteiger partial charge in [-0.1, -0.05) is 143 Å². The number of nitrogens with zero attached hydrogens (tertiary/aromatic N) is 3. The van der Waals surface area contributed by atoms with Crippen LogP contribution in [0.25, 0.3) is 22.5 Å². The SMILES string of the molecule is C#CCO.Cl.NO.O/N=C\c1ccccc1.O=Cc1cc(-c2ccccc2)no1.O=Cc1ccccc1.OCc1cc(-c2ccccc2)no1. The zero-order chi connectivity index (χ0) is 36.0. The van der Waals surface area contributed by atoms with Gasteiger partial charge < -0.3 is 29.7 Å². The maximum atomic E-state index is 10.3. The number of rotatable bonds is 6. The third-order valence-electron chi connectivity index (χ3n) is 5.53. The summed E-state index contributed by atoms with van der Waals surface area (Å²) in [6.07, 6.45) is 7.39. The molecule has 2 aromatic heterocycles. The lowest BCUT2D eigenvalue weighted by Gasteiger charge is -1.91. The summed E-state index contributed by atoms with van der Waals surface area (Å²) in [6.45, 7) is -0.264. The van der Waals surface area contributed by atoms with Gasteiger partial charge in [-0.2, -0.15) is 0 Å². The van der Waals surface area contributed by atoms with Crippen LogP contribution in [0.5, 0.6) is 0 Å². The number of carbonyl (C=O) groups is 2. The van der Waals surface area contributed by atoms with E-state index in [0.717, 1.165) is 34.2 Å². The molecule has 13 heteroatoms. The van der Waals surface area contributed by atoms with Crippen LogP contribution in [0.1, 0.15) is 32.2 Å². The Kier molecular flexibility index (Phi) is 25.4. The van der Waals surface area contributed by atoms with E-state index >= 15 is 0 Å². The van der Waals surface area contributed by atoms with Crippen LogP contribution in [-0.2, 0) is 6.61 Å². The number of terminal acetylenes is 1. The largest absolute Gasteiger partial charge is 0.411 e. The van der Waals surface area contributed by atoms with Crippen LogP contribution in [0.4, 0.5) is 0 Å². The molecule has 0 saturated carbocycles. The molecule has 0 aliphatic heterocycles. The van der Waals surface area contributed by atoms with Crippen molar-refractivity contribution >= 4 is 31.2 Å². The van der Waals surface area contributed by atoms with Gasteiger partial charge in [0.25, 0.3) is 0 Å². The Morgan fingerprint density at radius 1 is 0.680 bits per heavy atom. The molecule has 12 nitrogen and oxygen atoms in total. The van der Waals surface area contributed by atoms with E-state index in [1.54, 1.807) is 24.3 Å². The van der Waals surface area contributed by atoms with E-state index in [2.05, 4.69) is 27.8 Å². The van der Waals surface area contributed by atoms with Crippen molar-refractivity contribution in [3.05, 3.63) is 156 Å². The summed E-state index contributed by atoms with van der Waals surface area (Å²) in [4.78, 5) is 20.3. The Hall–Kier alpha value is -6.20. The second-order valence-corrected chi connectivity index (χ2v) is 8.85.